The predicted octanol–water partition coefficient (Wildman–Crippen LogP) is 1.19. The second-order valence-electron chi connectivity index (χ2n) is 3.40. The van der Waals surface area contributed by atoms with E-state index in [2.05, 4.69) is 13.5 Å². The van der Waals surface area contributed by atoms with Gasteiger partial charge >= 0.3 is 5.91 Å². The highest BCUT2D eigenvalue weighted by molar-refractivity contribution is 5.75. The molecule has 0 aromatic rings. The second-order valence-corrected chi connectivity index (χ2v) is 3.40. The van der Waals surface area contributed by atoms with Crippen molar-refractivity contribution in [2.24, 2.45) is 5.92 Å². The summed E-state index contributed by atoms with van der Waals surface area (Å²) in [4.78, 5) is 11.6. The first-order valence-corrected chi connectivity index (χ1v) is 4.15. The molecule has 0 spiro atoms. The van der Waals surface area contributed by atoms with Gasteiger partial charge in [0, 0.05) is 6.42 Å². The van der Waals surface area contributed by atoms with Crippen molar-refractivity contribution in [3.63, 3.8) is 0 Å². The van der Waals surface area contributed by atoms with Crippen LogP contribution in [0.15, 0.2) is 12.7 Å². The van der Waals surface area contributed by atoms with Crippen LogP contribution < -0.4 is 0 Å². The molecule has 1 aliphatic rings. The third-order valence-electron chi connectivity index (χ3n) is 2.77. The Morgan fingerprint density at radius 1 is 1.82 bits per heavy atom. The minimum Gasteiger partial charge on any atom is -0.263 e. The van der Waals surface area contributed by atoms with Gasteiger partial charge in [0.1, 0.15) is 0 Å². The van der Waals surface area contributed by atoms with Crippen molar-refractivity contribution >= 4 is 5.91 Å². The van der Waals surface area contributed by atoms with E-state index in [1.54, 1.807) is 6.08 Å². The smallest absolute Gasteiger partial charge is 0.263 e. The van der Waals surface area contributed by atoms with E-state index in [9.17, 15) is 4.79 Å². The minimum absolute atomic E-state index is 0.111. The van der Waals surface area contributed by atoms with Crippen LogP contribution >= 0.6 is 0 Å². The van der Waals surface area contributed by atoms with Crippen LogP contribution in [0.25, 0.3) is 0 Å². The SMILES string of the molecule is C=CC1CC[N+](C)(CC)C1=O. The lowest BCUT2D eigenvalue weighted by Crippen LogP contribution is -2.45. The van der Waals surface area contributed by atoms with Gasteiger partial charge in [-0.15, -0.1) is 6.58 Å². The fourth-order valence-electron chi connectivity index (χ4n) is 1.59. The molecule has 2 nitrogen and oxygen atoms in total. The molecule has 0 aromatic heterocycles. The molecular formula is C9H16NO+. The van der Waals surface area contributed by atoms with Gasteiger partial charge in [0.15, 0.2) is 0 Å². The zero-order valence-electron chi connectivity index (χ0n) is 7.34. The standard InChI is InChI=1S/C9H16NO/c1-4-8-6-7-10(3,5-2)9(8)11/h4,8H,1,5-7H2,2-3H3/q+1. The molecule has 0 saturated carbocycles. The molecule has 2 atom stereocenters. The Hall–Kier alpha value is -0.630. The molecule has 11 heavy (non-hydrogen) atoms. The van der Waals surface area contributed by atoms with Gasteiger partial charge in [-0.3, -0.25) is 4.48 Å². The summed E-state index contributed by atoms with van der Waals surface area (Å²) in [5, 5.41) is 0. The maximum atomic E-state index is 11.6. The number of hydrogen-bond acceptors (Lipinski definition) is 1. The molecular weight excluding hydrogens is 138 g/mol. The fraction of sp³-hybridized carbons (Fsp3) is 0.667. The highest BCUT2D eigenvalue weighted by Crippen LogP contribution is 2.24. The summed E-state index contributed by atoms with van der Waals surface area (Å²) >= 11 is 0. The van der Waals surface area contributed by atoms with Gasteiger partial charge in [-0.25, -0.2) is 4.79 Å². The summed E-state index contributed by atoms with van der Waals surface area (Å²) in [5.74, 6) is 0.447. The number of carbonyl (C=O) groups is 1. The molecule has 1 rings (SSSR count). The molecule has 1 aliphatic heterocycles. The zero-order valence-corrected chi connectivity index (χ0v) is 7.34. The maximum absolute atomic E-state index is 11.6. The Kier molecular flexibility index (Phi) is 2.14. The Balaban J connectivity index is 2.77. The van der Waals surface area contributed by atoms with Crippen LogP contribution in [0.2, 0.25) is 0 Å². The van der Waals surface area contributed by atoms with E-state index >= 15 is 0 Å². The first-order valence-electron chi connectivity index (χ1n) is 4.15. The van der Waals surface area contributed by atoms with Crippen molar-refractivity contribution in [2.45, 2.75) is 13.3 Å². The van der Waals surface area contributed by atoms with Gasteiger partial charge in [0.25, 0.3) is 0 Å². The number of quaternary nitrogens is 1. The van der Waals surface area contributed by atoms with Crippen LogP contribution in [-0.4, -0.2) is 30.5 Å². The largest absolute Gasteiger partial charge is 0.320 e. The third kappa shape index (κ3) is 1.23. The van der Waals surface area contributed by atoms with Gasteiger partial charge in [0.2, 0.25) is 0 Å². The number of likely N-dealkylation sites (tertiary alicyclic amines) is 1. The highest BCUT2D eigenvalue weighted by Gasteiger charge is 2.41. The number of hydrogen-bond donors (Lipinski definition) is 0. The molecule has 1 fully saturated rings. The van der Waals surface area contributed by atoms with Crippen LogP contribution in [0.3, 0.4) is 0 Å². The van der Waals surface area contributed by atoms with E-state index in [-0.39, 0.29) is 5.92 Å². The Labute approximate surface area is 68.1 Å². The molecule has 1 heterocycles. The minimum atomic E-state index is 0.111. The van der Waals surface area contributed by atoms with Crippen LogP contribution in [0.1, 0.15) is 13.3 Å². The molecule has 2 heteroatoms. The van der Waals surface area contributed by atoms with E-state index in [4.69, 9.17) is 0 Å². The van der Waals surface area contributed by atoms with E-state index in [1.807, 2.05) is 7.05 Å². The van der Waals surface area contributed by atoms with Crippen molar-refractivity contribution in [2.75, 3.05) is 20.1 Å². The summed E-state index contributed by atoms with van der Waals surface area (Å²) in [6, 6.07) is 0. The average Bonchev–Trinajstić information content (AvgIpc) is 2.31. The first-order chi connectivity index (χ1) is 5.14. The Morgan fingerprint density at radius 2 is 2.45 bits per heavy atom. The lowest BCUT2D eigenvalue weighted by atomic mass is 10.1. The van der Waals surface area contributed by atoms with Crippen molar-refractivity contribution in [3.8, 4) is 0 Å². The molecule has 0 bridgehead atoms. The lowest BCUT2D eigenvalue weighted by molar-refractivity contribution is -0.824. The molecule has 0 N–H and O–H groups in total. The van der Waals surface area contributed by atoms with E-state index in [0.29, 0.717) is 10.4 Å². The summed E-state index contributed by atoms with van der Waals surface area (Å²) < 4.78 is 0.594. The lowest BCUT2D eigenvalue weighted by Gasteiger charge is -2.24. The Bertz CT molecular complexity index is 188. The molecule has 0 aromatic carbocycles. The van der Waals surface area contributed by atoms with Crippen LogP contribution in [0, 0.1) is 5.92 Å². The number of carbonyl (C=O) groups excluding carboxylic acids is 1. The number of rotatable bonds is 2. The van der Waals surface area contributed by atoms with Crippen LogP contribution in [0.4, 0.5) is 0 Å². The van der Waals surface area contributed by atoms with Crippen molar-refractivity contribution in [3.05, 3.63) is 12.7 Å². The normalized spacial score (nSPS) is 37.6. The average molecular weight is 154 g/mol. The zero-order chi connectivity index (χ0) is 8.48. The van der Waals surface area contributed by atoms with E-state index in [0.717, 1.165) is 19.5 Å². The summed E-state index contributed by atoms with van der Waals surface area (Å²) in [5.41, 5.74) is 0. The fourth-order valence-corrected chi connectivity index (χ4v) is 1.59. The summed E-state index contributed by atoms with van der Waals surface area (Å²) in [6.45, 7) is 7.61. The topological polar surface area (TPSA) is 17.1 Å². The maximum Gasteiger partial charge on any atom is 0.320 e. The quantitative estimate of drug-likeness (QED) is 0.431. The van der Waals surface area contributed by atoms with E-state index in [1.165, 1.54) is 0 Å². The van der Waals surface area contributed by atoms with Gasteiger partial charge in [-0.2, -0.15) is 0 Å². The van der Waals surface area contributed by atoms with Gasteiger partial charge < -0.3 is 0 Å². The molecule has 0 radical (unpaired) electrons. The van der Waals surface area contributed by atoms with E-state index < -0.39 is 0 Å². The molecule has 1 saturated heterocycles. The van der Waals surface area contributed by atoms with Gasteiger partial charge in [0.05, 0.1) is 26.1 Å². The summed E-state index contributed by atoms with van der Waals surface area (Å²) in [6.07, 6.45) is 2.76. The highest BCUT2D eigenvalue weighted by atomic mass is 16.2. The van der Waals surface area contributed by atoms with Crippen LogP contribution in [0.5, 0.6) is 0 Å². The number of nitrogens with zero attached hydrogens (tertiary/aromatic N) is 1. The second kappa shape index (κ2) is 2.78. The molecule has 1 amide bonds. The monoisotopic (exact) mass is 154 g/mol. The van der Waals surface area contributed by atoms with Gasteiger partial charge in [-0.05, 0) is 6.92 Å². The van der Waals surface area contributed by atoms with Crippen molar-refractivity contribution in [1.82, 2.24) is 0 Å². The molecule has 2 unspecified atom stereocenters. The Morgan fingerprint density at radius 3 is 2.73 bits per heavy atom. The van der Waals surface area contributed by atoms with Gasteiger partial charge in [-0.1, -0.05) is 6.08 Å². The number of amides is 1. The molecule has 0 aliphatic carbocycles. The first kappa shape index (κ1) is 8.47. The van der Waals surface area contributed by atoms with Crippen molar-refractivity contribution < 1.29 is 9.28 Å². The predicted molar refractivity (Wildman–Crippen MR) is 44.9 cm³/mol. The summed E-state index contributed by atoms with van der Waals surface area (Å²) in [7, 11) is 2.01. The van der Waals surface area contributed by atoms with Crippen LogP contribution in [-0.2, 0) is 4.79 Å². The molecule has 62 valence electrons. The van der Waals surface area contributed by atoms with Crippen molar-refractivity contribution in [1.29, 1.82) is 0 Å². The third-order valence-corrected chi connectivity index (χ3v) is 2.77.